The Morgan fingerprint density at radius 3 is 2.80 bits per heavy atom. The molecule has 0 aliphatic rings. The van der Waals surface area contributed by atoms with Gasteiger partial charge in [-0.05, 0) is 30.0 Å². The molecule has 0 radical (unpaired) electrons. The summed E-state index contributed by atoms with van der Waals surface area (Å²) in [5.41, 5.74) is 8.29. The van der Waals surface area contributed by atoms with Crippen molar-refractivity contribution in [1.29, 1.82) is 0 Å². The van der Waals surface area contributed by atoms with Gasteiger partial charge in [-0.25, -0.2) is 0 Å². The lowest BCUT2D eigenvalue weighted by atomic mass is 10.0. The van der Waals surface area contributed by atoms with Crippen LogP contribution in [0.15, 0.2) is 30.9 Å². The second-order valence-corrected chi connectivity index (χ2v) is 3.58. The Labute approximate surface area is 91.7 Å². The molecule has 0 aliphatic carbocycles. The average Bonchev–Trinajstić information content (AvgIpc) is 2.28. The number of allylic oxidation sites excluding steroid dienone is 1. The van der Waals surface area contributed by atoms with Crippen LogP contribution in [0.4, 0.5) is 0 Å². The Balaban J connectivity index is 3.03. The molecule has 2 nitrogen and oxygen atoms in total. The van der Waals surface area contributed by atoms with Gasteiger partial charge in [0.1, 0.15) is 5.75 Å². The van der Waals surface area contributed by atoms with E-state index >= 15 is 0 Å². The first kappa shape index (κ1) is 11.8. The van der Waals surface area contributed by atoms with Crippen LogP contribution in [0.3, 0.4) is 0 Å². The normalized spacial score (nSPS) is 12.2. The summed E-state index contributed by atoms with van der Waals surface area (Å²) in [4.78, 5) is 0. The zero-order chi connectivity index (χ0) is 11.3. The van der Waals surface area contributed by atoms with Gasteiger partial charge in [0.05, 0.1) is 7.11 Å². The van der Waals surface area contributed by atoms with Gasteiger partial charge in [-0.1, -0.05) is 25.1 Å². The molecule has 2 heteroatoms. The number of hydrogen-bond acceptors (Lipinski definition) is 2. The maximum Gasteiger partial charge on any atom is 0.122 e. The maximum atomic E-state index is 5.98. The van der Waals surface area contributed by atoms with E-state index in [1.54, 1.807) is 7.11 Å². The molecular weight excluding hydrogens is 186 g/mol. The van der Waals surface area contributed by atoms with Crippen molar-refractivity contribution < 1.29 is 4.74 Å². The molecule has 0 aromatic heterocycles. The molecule has 2 N–H and O–H groups in total. The quantitative estimate of drug-likeness (QED) is 0.750. The van der Waals surface area contributed by atoms with Gasteiger partial charge < -0.3 is 10.5 Å². The van der Waals surface area contributed by atoms with Crippen molar-refractivity contribution in [3.05, 3.63) is 42.0 Å². The minimum Gasteiger partial charge on any atom is -0.496 e. The minimum atomic E-state index is 0.111. The second-order valence-electron chi connectivity index (χ2n) is 3.58. The largest absolute Gasteiger partial charge is 0.496 e. The van der Waals surface area contributed by atoms with Crippen LogP contribution < -0.4 is 10.5 Å². The van der Waals surface area contributed by atoms with Crippen molar-refractivity contribution in [2.45, 2.75) is 25.8 Å². The summed E-state index contributed by atoms with van der Waals surface area (Å²) in [5.74, 6) is 0.905. The molecule has 0 aliphatic heterocycles. The van der Waals surface area contributed by atoms with E-state index in [0.717, 1.165) is 29.7 Å². The van der Waals surface area contributed by atoms with E-state index in [1.807, 2.05) is 18.2 Å². The number of ether oxygens (including phenoxy) is 1. The SMILES string of the molecule is C=CCc1cc(C(N)CC)ccc1OC. The van der Waals surface area contributed by atoms with Crippen LogP contribution in [0.5, 0.6) is 5.75 Å². The predicted molar refractivity (Wildman–Crippen MR) is 64.1 cm³/mol. The molecule has 1 unspecified atom stereocenters. The topological polar surface area (TPSA) is 35.2 Å². The van der Waals surface area contributed by atoms with Gasteiger partial charge in [0.15, 0.2) is 0 Å². The number of nitrogens with two attached hydrogens (primary N) is 1. The van der Waals surface area contributed by atoms with E-state index in [2.05, 4.69) is 19.6 Å². The van der Waals surface area contributed by atoms with E-state index in [1.165, 1.54) is 0 Å². The molecule has 0 bridgehead atoms. The summed E-state index contributed by atoms with van der Waals surface area (Å²) in [6.45, 7) is 5.82. The van der Waals surface area contributed by atoms with E-state index in [0.29, 0.717) is 0 Å². The fourth-order valence-electron chi connectivity index (χ4n) is 1.58. The second kappa shape index (κ2) is 5.56. The molecule has 0 saturated heterocycles. The summed E-state index contributed by atoms with van der Waals surface area (Å²) in [5, 5.41) is 0. The molecule has 0 spiro atoms. The third-order valence-electron chi connectivity index (χ3n) is 2.54. The van der Waals surface area contributed by atoms with Gasteiger partial charge in [0.25, 0.3) is 0 Å². The zero-order valence-electron chi connectivity index (χ0n) is 9.49. The van der Waals surface area contributed by atoms with E-state index in [-0.39, 0.29) is 6.04 Å². The smallest absolute Gasteiger partial charge is 0.122 e. The standard InChI is InChI=1S/C13H19NO/c1-4-6-11-9-10(12(14)5-2)7-8-13(11)15-3/h4,7-9,12H,1,5-6,14H2,2-3H3. The third kappa shape index (κ3) is 2.83. The van der Waals surface area contributed by atoms with Crippen molar-refractivity contribution in [1.82, 2.24) is 0 Å². The first-order valence-corrected chi connectivity index (χ1v) is 5.26. The molecule has 0 heterocycles. The number of methoxy groups -OCH3 is 1. The third-order valence-corrected chi connectivity index (χ3v) is 2.54. The van der Waals surface area contributed by atoms with Crippen LogP contribution in [0, 0.1) is 0 Å². The molecule has 1 atom stereocenters. The summed E-state index contributed by atoms with van der Waals surface area (Å²) in [6, 6.07) is 6.22. The van der Waals surface area contributed by atoms with E-state index in [4.69, 9.17) is 10.5 Å². The van der Waals surface area contributed by atoms with Gasteiger partial charge in [-0.3, -0.25) is 0 Å². The first-order valence-electron chi connectivity index (χ1n) is 5.26. The van der Waals surface area contributed by atoms with Crippen LogP contribution in [-0.4, -0.2) is 7.11 Å². The van der Waals surface area contributed by atoms with Gasteiger partial charge >= 0.3 is 0 Å². The summed E-state index contributed by atoms with van der Waals surface area (Å²) >= 11 is 0. The highest BCUT2D eigenvalue weighted by molar-refractivity contribution is 5.39. The summed E-state index contributed by atoms with van der Waals surface area (Å²) < 4.78 is 5.28. The van der Waals surface area contributed by atoms with E-state index < -0.39 is 0 Å². The van der Waals surface area contributed by atoms with Crippen molar-refractivity contribution in [2.24, 2.45) is 5.73 Å². The highest BCUT2D eigenvalue weighted by atomic mass is 16.5. The molecular formula is C13H19NO. The molecule has 82 valence electrons. The van der Waals surface area contributed by atoms with Crippen LogP contribution in [0.2, 0.25) is 0 Å². The van der Waals surface area contributed by atoms with Crippen LogP contribution in [0.1, 0.15) is 30.5 Å². The lowest BCUT2D eigenvalue weighted by Gasteiger charge is -2.13. The average molecular weight is 205 g/mol. The summed E-state index contributed by atoms with van der Waals surface area (Å²) in [6.07, 6.45) is 3.63. The monoisotopic (exact) mass is 205 g/mol. The lowest BCUT2D eigenvalue weighted by Crippen LogP contribution is -2.09. The maximum absolute atomic E-state index is 5.98. The van der Waals surface area contributed by atoms with Crippen molar-refractivity contribution >= 4 is 0 Å². The van der Waals surface area contributed by atoms with Crippen LogP contribution in [-0.2, 0) is 6.42 Å². The van der Waals surface area contributed by atoms with Gasteiger partial charge in [-0.2, -0.15) is 0 Å². The van der Waals surface area contributed by atoms with Crippen LogP contribution in [0.25, 0.3) is 0 Å². The predicted octanol–water partition coefficient (Wildman–Crippen LogP) is 2.83. The molecule has 0 amide bonds. The minimum absolute atomic E-state index is 0.111. The molecule has 0 fully saturated rings. The number of benzene rings is 1. The van der Waals surface area contributed by atoms with Crippen molar-refractivity contribution in [2.75, 3.05) is 7.11 Å². The van der Waals surface area contributed by atoms with Gasteiger partial charge in [0.2, 0.25) is 0 Å². The summed E-state index contributed by atoms with van der Waals surface area (Å²) in [7, 11) is 1.68. The number of rotatable bonds is 5. The number of hydrogen-bond donors (Lipinski definition) is 1. The molecule has 1 rings (SSSR count). The molecule has 0 saturated carbocycles. The zero-order valence-corrected chi connectivity index (χ0v) is 9.49. The molecule has 1 aromatic carbocycles. The van der Waals surface area contributed by atoms with Gasteiger partial charge in [0, 0.05) is 6.04 Å². The molecule has 15 heavy (non-hydrogen) atoms. The lowest BCUT2D eigenvalue weighted by molar-refractivity contribution is 0.410. The Morgan fingerprint density at radius 1 is 1.53 bits per heavy atom. The Kier molecular flexibility index (Phi) is 4.37. The Morgan fingerprint density at radius 2 is 2.27 bits per heavy atom. The van der Waals surface area contributed by atoms with Crippen molar-refractivity contribution in [3.63, 3.8) is 0 Å². The highest BCUT2D eigenvalue weighted by Gasteiger charge is 2.07. The first-order chi connectivity index (χ1) is 7.22. The van der Waals surface area contributed by atoms with Crippen molar-refractivity contribution in [3.8, 4) is 5.75 Å². The van der Waals surface area contributed by atoms with E-state index in [9.17, 15) is 0 Å². The van der Waals surface area contributed by atoms with Crippen LogP contribution >= 0.6 is 0 Å². The van der Waals surface area contributed by atoms with Gasteiger partial charge in [-0.15, -0.1) is 6.58 Å². The Bertz CT molecular complexity index is 333. The molecule has 1 aromatic rings. The fourth-order valence-corrected chi connectivity index (χ4v) is 1.58. The Hall–Kier alpha value is -1.28. The fraction of sp³-hybridized carbons (Fsp3) is 0.385. The highest BCUT2D eigenvalue weighted by Crippen LogP contribution is 2.24.